The third kappa shape index (κ3) is 4.03. The standard InChI is InChI=1S/C19H23N7O2/c1-13(18-24-17(25-28-18)14-7-10-20-11-8-14)22-19(27)23-16-9-12-21-26(16)15-5-3-2-4-6-15/h7-13,15H,2-6H2,1H3,(H2,22,23,27)/t13-/m0/s1. The fraction of sp³-hybridized carbons (Fsp3) is 0.421. The van der Waals surface area contributed by atoms with Gasteiger partial charge in [-0.3, -0.25) is 10.3 Å². The third-order valence-electron chi connectivity index (χ3n) is 4.93. The van der Waals surface area contributed by atoms with Crippen LogP contribution in [-0.4, -0.2) is 30.9 Å². The summed E-state index contributed by atoms with van der Waals surface area (Å²) < 4.78 is 7.21. The molecule has 28 heavy (non-hydrogen) atoms. The van der Waals surface area contributed by atoms with Crippen molar-refractivity contribution in [2.24, 2.45) is 0 Å². The molecule has 146 valence electrons. The molecule has 0 radical (unpaired) electrons. The molecular weight excluding hydrogens is 358 g/mol. The largest absolute Gasteiger partial charge is 0.337 e. The lowest BCUT2D eigenvalue weighted by atomic mass is 9.96. The van der Waals surface area contributed by atoms with Crippen LogP contribution in [0.25, 0.3) is 11.4 Å². The van der Waals surface area contributed by atoms with Gasteiger partial charge >= 0.3 is 6.03 Å². The Morgan fingerprint density at radius 3 is 2.75 bits per heavy atom. The molecular formula is C19H23N7O2. The second-order valence-corrected chi connectivity index (χ2v) is 6.97. The summed E-state index contributed by atoms with van der Waals surface area (Å²) in [6.45, 7) is 1.79. The molecule has 3 aromatic rings. The summed E-state index contributed by atoms with van der Waals surface area (Å²) in [5.41, 5.74) is 0.804. The molecule has 3 heterocycles. The smallest absolute Gasteiger partial charge is 0.321 e. The average Bonchev–Trinajstić information content (AvgIpc) is 3.39. The molecule has 1 atom stereocenters. The Morgan fingerprint density at radius 1 is 1.18 bits per heavy atom. The number of nitrogens with one attached hydrogen (secondary N) is 2. The lowest BCUT2D eigenvalue weighted by Crippen LogP contribution is -2.32. The zero-order chi connectivity index (χ0) is 19.3. The van der Waals surface area contributed by atoms with E-state index in [1.165, 1.54) is 19.3 Å². The molecule has 9 heteroatoms. The number of carbonyl (C=O) groups is 1. The van der Waals surface area contributed by atoms with Crippen LogP contribution >= 0.6 is 0 Å². The van der Waals surface area contributed by atoms with Crippen molar-refractivity contribution in [2.45, 2.75) is 51.1 Å². The highest BCUT2D eigenvalue weighted by Crippen LogP contribution is 2.29. The van der Waals surface area contributed by atoms with Crippen LogP contribution in [-0.2, 0) is 0 Å². The van der Waals surface area contributed by atoms with Crippen molar-refractivity contribution in [2.75, 3.05) is 5.32 Å². The Balaban J connectivity index is 1.38. The zero-order valence-corrected chi connectivity index (χ0v) is 15.7. The number of rotatable bonds is 5. The number of carbonyl (C=O) groups excluding carboxylic acids is 1. The van der Waals surface area contributed by atoms with Crippen LogP contribution in [0.15, 0.2) is 41.3 Å². The van der Waals surface area contributed by atoms with Crippen molar-refractivity contribution in [1.29, 1.82) is 0 Å². The Hall–Kier alpha value is -3.23. The van der Waals surface area contributed by atoms with Crippen molar-refractivity contribution < 1.29 is 9.32 Å². The van der Waals surface area contributed by atoms with E-state index in [1.807, 2.05) is 10.7 Å². The number of urea groups is 1. The summed E-state index contributed by atoms with van der Waals surface area (Å²) in [6.07, 6.45) is 10.9. The molecule has 2 N–H and O–H groups in total. The van der Waals surface area contributed by atoms with Gasteiger partial charge in [0.25, 0.3) is 0 Å². The van der Waals surface area contributed by atoms with Crippen molar-refractivity contribution in [3.05, 3.63) is 42.7 Å². The van der Waals surface area contributed by atoms with Crippen molar-refractivity contribution in [3.63, 3.8) is 0 Å². The monoisotopic (exact) mass is 381 g/mol. The van der Waals surface area contributed by atoms with E-state index in [0.29, 0.717) is 23.6 Å². The first-order valence-electron chi connectivity index (χ1n) is 9.56. The van der Waals surface area contributed by atoms with Gasteiger partial charge in [-0.25, -0.2) is 9.48 Å². The van der Waals surface area contributed by atoms with E-state index >= 15 is 0 Å². The average molecular weight is 381 g/mol. The Morgan fingerprint density at radius 2 is 1.96 bits per heavy atom. The number of anilines is 1. The predicted molar refractivity (Wildman–Crippen MR) is 102 cm³/mol. The van der Waals surface area contributed by atoms with Crippen LogP contribution in [0.3, 0.4) is 0 Å². The van der Waals surface area contributed by atoms with Crippen LogP contribution in [0.2, 0.25) is 0 Å². The maximum Gasteiger partial charge on any atom is 0.321 e. The minimum Gasteiger partial charge on any atom is -0.337 e. The summed E-state index contributed by atoms with van der Waals surface area (Å²) in [7, 11) is 0. The molecule has 2 amide bonds. The molecule has 0 aliphatic heterocycles. The lowest BCUT2D eigenvalue weighted by molar-refractivity contribution is 0.245. The Bertz CT molecular complexity index is 915. The van der Waals surface area contributed by atoms with Gasteiger partial charge in [0.05, 0.1) is 12.2 Å². The molecule has 1 saturated carbocycles. The summed E-state index contributed by atoms with van der Waals surface area (Å²) >= 11 is 0. The van der Waals surface area contributed by atoms with Crippen molar-refractivity contribution in [1.82, 2.24) is 30.2 Å². The normalized spacial score (nSPS) is 15.9. The Labute approximate surface area is 162 Å². The first kappa shape index (κ1) is 18.1. The molecule has 0 spiro atoms. The SMILES string of the molecule is C[C@H](NC(=O)Nc1ccnn1C1CCCCC1)c1nc(-c2ccncc2)no1. The summed E-state index contributed by atoms with van der Waals surface area (Å²) in [5.74, 6) is 1.49. The predicted octanol–water partition coefficient (Wildman–Crippen LogP) is 3.72. The summed E-state index contributed by atoms with van der Waals surface area (Å²) in [4.78, 5) is 20.8. The van der Waals surface area contributed by atoms with E-state index in [-0.39, 0.29) is 6.03 Å². The van der Waals surface area contributed by atoms with Gasteiger partial charge in [0, 0.05) is 24.0 Å². The van der Waals surface area contributed by atoms with E-state index in [9.17, 15) is 4.79 Å². The van der Waals surface area contributed by atoms with Crippen molar-refractivity contribution in [3.8, 4) is 11.4 Å². The number of amides is 2. The van der Waals surface area contributed by atoms with Gasteiger partial charge in [0.2, 0.25) is 11.7 Å². The molecule has 0 aromatic carbocycles. The second-order valence-electron chi connectivity index (χ2n) is 6.97. The van der Waals surface area contributed by atoms with Crippen LogP contribution in [0.1, 0.15) is 57.0 Å². The number of hydrogen-bond acceptors (Lipinski definition) is 6. The van der Waals surface area contributed by atoms with Crippen LogP contribution in [0.5, 0.6) is 0 Å². The first-order chi connectivity index (χ1) is 13.7. The molecule has 9 nitrogen and oxygen atoms in total. The zero-order valence-electron chi connectivity index (χ0n) is 15.7. The number of nitrogens with zero attached hydrogens (tertiary/aromatic N) is 5. The molecule has 0 unspecified atom stereocenters. The van der Waals surface area contributed by atoms with E-state index in [1.54, 1.807) is 37.6 Å². The molecule has 1 fully saturated rings. The molecule has 4 rings (SSSR count). The van der Waals surface area contributed by atoms with Gasteiger partial charge in [0.15, 0.2) is 0 Å². The minimum absolute atomic E-state index is 0.336. The molecule has 1 aliphatic rings. The number of pyridine rings is 1. The number of hydrogen-bond donors (Lipinski definition) is 2. The van der Waals surface area contributed by atoms with Gasteiger partial charge in [-0.05, 0) is 31.9 Å². The van der Waals surface area contributed by atoms with Gasteiger partial charge in [-0.15, -0.1) is 0 Å². The highest BCUT2D eigenvalue weighted by Gasteiger charge is 2.21. The first-order valence-corrected chi connectivity index (χ1v) is 9.56. The fourth-order valence-electron chi connectivity index (χ4n) is 3.47. The molecule has 3 aromatic heterocycles. The highest BCUT2D eigenvalue weighted by molar-refractivity contribution is 5.88. The maximum absolute atomic E-state index is 12.4. The topological polar surface area (TPSA) is 111 Å². The van der Waals surface area contributed by atoms with Crippen LogP contribution in [0.4, 0.5) is 10.6 Å². The van der Waals surface area contributed by atoms with Gasteiger partial charge in [-0.2, -0.15) is 10.1 Å². The van der Waals surface area contributed by atoms with E-state index in [4.69, 9.17) is 4.52 Å². The second kappa shape index (κ2) is 8.20. The van der Waals surface area contributed by atoms with E-state index < -0.39 is 6.04 Å². The summed E-state index contributed by atoms with van der Waals surface area (Å²) in [5, 5.41) is 14.1. The van der Waals surface area contributed by atoms with Gasteiger partial charge in [0.1, 0.15) is 11.9 Å². The molecule has 0 saturated heterocycles. The Kier molecular flexibility index (Phi) is 5.31. The minimum atomic E-state index is -0.436. The van der Waals surface area contributed by atoms with E-state index in [2.05, 4.69) is 30.9 Å². The maximum atomic E-state index is 12.4. The number of aromatic nitrogens is 5. The fourth-order valence-corrected chi connectivity index (χ4v) is 3.47. The molecule has 0 bridgehead atoms. The third-order valence-corrected chi connectivity index (χ3v) is 4.93. The van der Waals surface area contributed by atoms with E-state index in [0.717, 1.165) is 18.4 Å². The van der Waals surface area contributed by atoms with Crippen LogP contribution in [0, 0.1) is 0 Å². The highest BCUT2D eigenvalue weighted by atomic mass is 16.5. The van der Waals surface area contributed by atoms with Gasteiger partial charge in [-0.1, -0.05) is 24.4 Å². The molecule has 1 aliphatic carbocycles. The quantitative estimate of drug-likeness (QED) is 0.697. The summed E-state index contributed by atoms with van der Waals surface area (Å²) in [6, 6.07) is 4.98. The van der Waals surface area contributed by atoms with Crippen LogP contribution < -0.4 is 10.6 Å². The lowest BCUT2D eigenvalue weighted by Gasteiger charge is -2.24. The van der Waals surface area contributed by atoms with Crippen molar-refractivity contribution >= 4 is 11.8 Å². The van der Waals surface area contributed by atoms with Gasteiger partial charge < -0.3 is 9.84 Å².